The van der Waals surface area contributed by atoms with Crippen molar-refractivity contribution in [3.05, 3.63) is 94.3 Å². The number of fused-ring (bicyclic) bond motifs is 1. The molecule has 3 heterocycles. The predicted octanol–water partition coefficient (Wildman–Crippen LogP) is 2.40. The molecule has 4 aromatic rings. The molecule has 2 aromatic carbocycles. The summed E-state index contributed by atoms with van der Waals surface area (Å²) in [6.45, 7) is 4.91. The number of methoxy groups -OCH3 is 1. The zero-order chi connectivity index (χ0) is 23.7. The highest BCUT2D eigenvalue weighted by Crippen LogP contribution is 2.28. The monoisotopic (exact) mass is 456 g/mol. The van der Waals surface area contributed by atoms with Gasteiger partial charge in [0.15, 0.2) is 5.49 Å². The second kappa shape index (κ2) is 8.70. The highest BCUT2D eigenvalue weighted by molar-refractivity contribution is 5.58. The number of aromatic amines is 1. The minimum absolute atomic E-state index is 0.306. The van der Waals surface area contributed by atoms with E-state index in [9.17, 15) is 0 Å². The van der Waals surface area contributed by atoms with Gasteiger partial charge in [-0.3, -0.25) is 9.56 Å². The maximum Gasteiger partial charge on any atom is 0.205 e. The van der Waals surface area contributed by atoms with Gasteiger partial charge in [0.25, 0.3) is 0 Å². The molecule has 0 spiro atoms. The van der Waals surface area contributed by atoms with Crippen LogP contribution in [0.1, 0.15) is 30.2 Å². The summed E-state index contributed by atoms with van der Waals surface area (Å²) >= 11 is 0. The molecule has 2 aromatic heterocycles. The third-order valence-electron chi connectivity index (χ3n) is 6.34. The first kappa shape index (κ1) is 21.8. The van der Waals surface area contributed by atoms with Crippen LogP contribution >= 0.6 is 0 Å². The molecular formula is C26H28N6O2. The van der Waals surface area contributed by atoms with Gasteiger partial charge in [-0.05, 0) is 49.6 Å². The average molecular weight is 457 g/mol. The number of H-pyrrole nitrogens is 1. The van der Waals surface area contributed by atoms with E-state index in [4.69, 9.17) is 14.6 Å². The van der Waals surface area contributed by atoms with Gasteiger partial charge in [-0.2, -0.15) is 0 Å². The number of hydrogen-bond acceptors (Lipinski definition) is 5. The highest BCUT2D eigenvalue weighted by atomic mass is 16.6. The molecular weight excluding hydrogens is 428 g/mol. The minimum atomic E-state index is -0.306. The highest BCUT2D eigenvalue weighted by Gasteiger charge is 2.33. The second-order valence-corrected chi connectivity index (χ2v) is 8.56. The lowest BCUT2D eigenvalue weighted by molar-refractivity contribution is 0.188. The van der Waals surface area contributed by atoms with E-state index >= 15 is 0 Å². The van der Waals surface area contributed by atoms with E-state index in [2.05, 4.69) is 50.9 Å². The van der Waals surface area contributed by atoms with E-state index in [1.165, 1.54) is 5.56 Å². The van der Waals surface area contributed by atoms with Crippen molar-refractivity contribution >= 4 is 6.08 Å². The maximum atomic E-state index is 5.69. The van der Waals surface area contributed by atoms with E-state index in [-0.39, 0.29) is 5.54 Å². The van der Waals surface area contributed by atoms with Crippen molar-refractivity contribution in [1.29, 1.82) is 0 Å². The van der Waals surface area contributed by atoms with Crippen LogP contribution in [0.3, 0.4) is 0 Å². The van der Waals surface area contributed by atoms with Crippen molar-refractivity contribution in [2.24, 2.45) is 10.1 Å². The summed E-state index contributed by atoms with van der Waals surface area (Å²) in [5, 5.41) is 5.22. The van der Waals surface area contributed by atoms with Crippen LogP contribution in [0.5, 0.6) is 5.75 Å². The van der Waals surface area contributed by atoms with E-state index in [1.54, 1.807) is 20.5 Å². The smallest absolute Gasteiger partial charge is 0.205 e. The molecule has 8 nitrogen and oxygen atoms in total. The van der Waals surface area contributed by atoms with Gasteiger partial charge in [0.2, 0.25) is 5.62 Å². The van der Waals surface area contributed by atoms with Crippen molar-refractivity contribution in [2.75, 3.05) is 20.8 Å². The van der Waals surface area contributed by atoms with E-state index in [0.29, 0.717) is 5.49 Å². The molecule has 1 aliphatic heterocycles. The number of benzene rings is 2. The Hall–Kier alpha value is -4.07. The molecule has 0 amide bonds. The van der Waals surface area contributed by atoms with Crippen LogP contribution < -0.4 is 21.2 Å². The van der Waals surface area contributed by atoms with Crippen LogP contribution in [0.25, 0.3) is 11.8 Å². The Balaban J connectivity index is 1.68. The predicted molar refractivity (Wildman–Crippen MR) is 129 cm³/mol. The third kappa shape index (κ3) is 3.71. The van der Waals surface area contributed by atoms with Crippen LogP contribution in [-0.4, -0.2) is 39.9 Å². The summed E-state index contributed by atoms with van der Waals surface area (Å²) in [5.41, 5.74) is 5.20. The van der Waals surface area contributed by atoms with E-state index < -0.39 is 0 Å². The fourth-order valence-corrected chi connectivity index (χ4v) is 4.59. The Morgan fingerprint density at radius 3 is 2.68 bits per heavy atom. The van der Waals surface area contributed by atoms with Crippen molar-refractivity contribution in [3.8, 4) is 11.4 Å². The number of aryl methyl sites for hydroxylation is 1. The largest absolute Gasteiger partial charge is 0.495 e. The summed E-state index contributed by atoms with van der Waals surface area (Å²) < 4.78 is 9.78. The molecule has 0 saturated heterocycles. The summed E-state index contributed by atoms with van der Waals surface area (Å²) in [6, 6.07) is 16.5. The zero-order valence-electron chi connectivity index (χ0n) is 19.8. The Labute approximate surface area is 197 Å². The average Bonchev–Trinajstić information content (AvgIpc) is 3.44. The first-order valence-corrected chi connectivity index (χ1v) is 11.2. The van der Waals surface area contributed by atoms with Gasteiger partial charge in [0.1, 0.15) is 12.9 Å². The van der Waals surface area contributed by atoms with Gasteiger partial charge in [-0.25, -0.2) is 4.98 Å². The van der Waals surface area contributed by atoms with Crippen LogP contribution in [0.2, 0.25) is 0 Å². The molecule has 5 rings (SSSR count). The van der Waals surface area contributed by atoms with Gasteiger partial charge in [0, 0.05) is 12.7 Å². The number of nitrogens with zero attached hydrogens (tertiary/aromatic N) is 5. The molecule has 0 aliphatic carbocycles. The quantitative estimate of drug-likeness (QED) is 0.468. The molecule has 8 heteroatoms. The third-order valence-corrected chi connectivity index (χ3v) is 6.34. The number of imidazole rings is 2. The Kier molecular flexibility index (Phi) is 5.57. The fourth-order valence-electron chi connectivity index (χ4n) is 4.59. The Morgan fingerprint density at radius 1 is 1.15 bits per heavy atom. The summed E-state index contributed by atoms with van der Waals surface area (Å²) in [5.74, 6) is 0.749. The summed E-state index contributed by atoms with van der Waals surface area (Å²) in [4.78, 5) is 17.8. The number of rotatable bonds is 5. The molecule has 1 N–H and O–H groups in total. The first-order chi connectivity index (χ1) is 16.5. The van der Waals surface area contributed by atoms with E-state index in [0.717, 1.165) is 46.6 Å². The lowest BCUT2D eigenvalue weighted by atomic mass is 9.87. The van der Waals surface area contributed by atoms with Crippen LogP contribution in [-0.2, 0) is 10.4 Å². The molecule has 0 saturated carbocycles. The molecule has 1 aliphatic rings. The number of nitrogens with one attached hydrogen (secondary N) is 1. The van der Waals surface area contributed by atoms with Crippen molar-refractivity contribution in [1.82, 2.24) is 19.1 Å². The minimum Gasteiger partial charge on any atom is -0.495 e. The number of ether oxygens (including phenoxy) is 1. The van der Waals surface area contributed by atoms with Crippen molar-refractivity contribution in [2.45, 2.75) is 25.8 Å². The van der Waals surface area contributed by atoms with Gasteiger partial charge in [-0.15, -0.1) is 0 Å². The second-order valence-electron chi connectivity index (χ2n) is 8.56. The molecule has 34 heavy (non-hydrogen) atoms. The Morgan fingerprint density at radius 2 is 1.97 bits per heavy atom. The number of aromatic nitrogens is 4. The molecule has 0 fully saturated rings. The molecule has 0 radical (unpaired) electrons. The van der Waals surface area contributed by atoms with Crippen LogP contribution in [0.4, 0.5) is 0 Å². The summed E-state index contributed by atoms with van der Waals surface area (Å²) in [6.07, 6.45) is 6.66. The van der Waals surface area contributed by atoms with Gasteiger partial charge < -0.3 is 19.1 Å². The van der Waals surface area contributed by atoms with E-state index in [1.807, 2.05) is 48.0 Å². The van der Waals surface area contributed by atoms with Crippen molar-refractivity contribution in [3.63, 3.8) is 0 Å². The zero-order valence-corrected chi connectivity index (χ0v) is 19.8. The standard InChI is InChI=1S/C26H28N6O2/c1-18-16-31(17-28-18)22-11-10-19(15-23(22)33-3)14-21-24(30-34-4)32-25(29-21)27-13-12-26(32,2)20-8-6-5-7-9-20/h5-11,14-17H,12-13H2,1-4H3,(H,27,29)/b21-14-,30-24+. The number of hydrogen-bond donors (Lipinski definition) is 1. The SMILES string of the molecule is CO/N=c1\c(=C\c2ccc(-n3cnc(C)c3)c(OC)c2)[nH]c2n1C(C)(c1ccccc1)CCN=2. The van der Waals surface area contributed by atoms with Crippen molar-refractivity contribution < 1.29 is 9.57 Å². The molecule has 1 atom stereocenters. The van der Waals surface area contributed by atoms with Gasteiger partial charge in [0.05, 0.1) is 35.7 Å². The molecule has 174 valence electrons. The van der Waals surface area contributed by atoms with Crippen LogP contribution in [0.15, 0.2) is 71.2 Å². The fraction of sp³-hybridized carbons (Fsp3) is 0.269. The first-order valence-electron chi connectivity index (χ1n) is 11.2. The Bertz CT molecular complexity index is 1510. The topological polar surface area (TPSA) is 81.7 Å². The lowest BCUT2D eigenvalue weighted by Gasteiger charge is -2.33. The lowest BCUT2D eigenvalue weighted by Crippen LogP contribution is -2.49. The van der Waals surface area contributed by atoms with Gasteiger partial charge in [-0.1, -0.05) is 41.6 Å². The summed E-state index contributed by atoms with van der Waals surface area (Å²) in [7, 11) is 3.24. The van der Waals surface area contributed by atoms with Crippen LogP contribution in [0, 0.1) is 6.92 Å². The molecule has 1 unspecified atom stereocenters. The molecule has 0 bridgehead atoms. The van der Waals surface area contributed by atoms with Gasteiger partial charge >= 0.3 is 0 Å². The maximum absolute atomic E-state index is 5.69. The normalized spacial score (nSPS) is 18.5.